The molecule has 4 aliphatic rings. The van der Waals surface area contributed by atoms with Crippen molar-refractivity contribution < 1.29 is 46.6 Å². The van der Waals surface area contributed by atoms with Gasteiger partial charge in [-0.25, -0.2) is 10.2 Å². The van der Waals surface area contributed by atoms with Crippen LogP contribution in [0.15, 0.2) is 59.7 Å². The first-order valence-electron chi connectivity index (χ1n) is 24.7. The zero-order valence-electron chi connectivity index (χ0n) is 42.3. The SMILES string of the molecule is C=C/C(=C(\N=C/C)[C@H](C)OC)c1c2c3cc(ccc3n1CC(F)(F)F)-c1cccc(n1)C[C@H](NC(=O)[C@H](C(C)C)N(C)C(=O)N1CCC3(CC1)CNCCO3)C(=O)N1CCC[C@H](N1)C(=O)OCC(C)(C)C2. The summed E-state index contributed by atoms with van der Waals surface area (Å²) in [6.45, 7) is 16.8. The molecule has 2 aromatic heterocycles. The standard InChI is InChI=1S/C52H70F3N9O7/c1-10-36(43(57-11-2)33(5)69-9)45-38-28-50(6,7)31-70-48(67)40-16-13-22-64(60-40)47(66)41(27-35-14-12-15-39(58-35)34-17-18-42(37(38)26-34)63(45)30-52(53,54)55)59-46(65)44(32(3)4)61(8)49(68)62-23-19-51(20-24-62)29-56-21-25-71-51/h10-12,14-15,17-18,26,32-33,40-41,44,56,60H,1,13,16,19-25,27-31H2,2-9H3,(H,59,65)/b43-36+,57-11-/t33-,40-,41-,44-/m0/s1. The number of rotatable bonds is 10. The van der Waals surface area contributed by atoms with Crippen molar-refractivity contribution in [3.05, 3.63) is 71.7 Å². The van der Waals surface area contributed by atoms with Crippen LogP contribution < -0.4 is 16.1 Å². The number of nitrogens with one attached hydrogen (secondary N) is 3. The number of allylic oxidation sites excluding steroid dienone is 2. The number of halogens is 3. The van der Waals surface area contributed by atoms with Crippen LogP contribution in [0.1, 0.15) is 84.2 Å². The molecule has 0 unspecified atom stereocenters. The number of fused-ring (bicyclic) bond motifs is 6. The third kappa shape index (κ3) is 12.0. The van der Waals surface area contributed by atoms with Gasteiger partial charge in [-0.05, 0) is 81.7 Å². The summed E-state index contributed by atoms with van der Waals surface area (Å²) in [5.41, 5.74) is 5.29. The Morgan fingerprint density at radius 1 is 1.13 bits per heavy atom. The number of likely N-dealkylation sites (N-methyl/N-ethyl adjacent to an activating group) is 1. The molecule has 4 atom stereocenters. The highest BCUT2D eigenvalue weighted by atomic mass is 19.4. The quantitative estimate of drug-likeness (QED) is 0.116. The molecular formula is C52H70F3N9O7. The van der Waals surface area contributed by atoms with Gasteiger partial charge in [-0.3, -0.25) is 29.4 Å². The number of methoxy groups -OCH3 is 1. The van der Waals surface area contributed by atoms with Crippen molar-refractivity contribution in [2.45, 2.75) is 123 Å². The minimum absolute atomic E-state index is 0.0733. The van der Waals surface area contributed by atoms with Crippen LogP contribution in [-0.2, 0) is 48.0 Å². The first-order valence-corrected chi connectivity index (χ1v) is 24.7. The third-order valence-corrected chi connectivity index (χ3v) is 14.1. The van der Waals surface area contributed by atoms with E-state index < -0.39 is 60.1 Å². The van der Waals surface area contributed by atoms with E-state index in [1.54, 1.807) is 62.3 Å². The highest BCUT2D eigenvalue weighted by Gasteiger charge is 2.42. The number of benzene rings is 1. The van der Waals surface area contributed by atoms with Crippen LogP contribution in [0.3, 0.4) is 0 Å². The molecule has 6 heterocycles. The van der Waals surface area contributed by atoms with Crippen molar-refractivity contribution in [2.75, 3.05) is 60.1 Å². The Balaban J connectivity index is 1.30. The minimum atomic E-state index is -4.62. The monoisotopic (exact) mass is 990 g/mol. The average Bonchev–Trinajstić information content (AvgIpc) is 3.61. The molecule has 1 spiro atoms. The number of likely N-dealkylation sites (tertiary alicyclic amines) is 1. The van der Waals surface area contributed by atoms with E-state index in [4.69, 9.17) is 19.2 Å². The van der Waals surface area contributed by atoms with E-state index in [0.717, 1.165) is 13.1 Å². The second-order valence-electron chi connectivity index (χ2n) is 20.3. The number of aromatic nitrogens is 2. The van der Waals surface area contributed by atoms with Gasteiger partial charge in [0.15, 0.2) is 0 Å². The number of nitrogens with zero attached hydrogens (tertiary/aromatic N) is 6. The van der Waals surface area contributed by atoms with E-state index in [9.17, 15) is 32.3 Å². The van der Waals surface area contributed by atoms with Gasteiger partial charge in [0.1, 0.15) is 24.7 Å². The fraction of sp³-hybridized carbons (Fsp3) is 0.577. The zero-order valence-corrected chi connectivity index (χ0v) is 42.3. The Morgan fingerprint density at radius 3 is 2.52 bits per heavy atom. The number of piperidine rings is 1. The molecule has 3 fully saturated rings. The number of ether oxygens (including phenoxy) is 3. The van der Waals surface area contributed by atoms with E-state index in [0.29, 0.717) is 90.1 Å². The molecule has 4 amide bonds. The normalized spacial score (nSPS) is 22.2. The van der Waals surface area contributed by atoms with E-state index in [2.05, 4.69) is 27.6 Å². The molecule has 7 rings (SSSR count). The minimum Gasteiger partial charge on any atom is -0.464 e. The van der Waals surface area contributed by atoms with E-state index in [-0.39, 0.29) is 49.2 Å². The molecule has 16 nitrogen and oxygen atoms in total. The molecule has 71 heavy (non-hydrogen) atoms. The van der Waals surface area contributed by atoms with Gasteiger partial charge in [-0.1, -0.05) is 52.5 Å². The molecule has 19 heteroatoms. The molecule has 6 bridgehead atoms. The van der Waals surface area contributed by atoms with Crippen LogP contribution in [0.2, 0.25) is 0 Å². The number of hydrazine groups is 1. The predicted molar refractivity (Wildman–Crippen MR) is 265 cm³/mol. The number of hydrogen-bond acceptors (Lipinski definition) is 11. The topological polar surface area (TPSA) is 172 Å². The average molecular weight is 990 g/mol. The summed E-state index contributed by atoms with van der Waals surface area (Å²) in [4.78, 5) is 70.2. The second kappa shape index (κ2) is 22.0. The maximum atomic E-state index is 14.8. The van der Waals surface area contributed by atoms with Crippen molar-refractivity contribution in [2.24, 2.45) is 16.3 Å². The smallest absolute Gasteiger partial charge is 0.406 e. The van der Waals surface area contributed by atoms with Gasteiger partial charge < -0.3 is 39.2 Å². The lowest BCUT2D eigenvalue weighted by Gasteiger charge is -2.45. The maximum absolute atomic E-state index is 14.8. The highest BCUT2D eigenvalue weighted by Crippen LogP contribution is 2.41. The summed E-state index contributed by atoms with van der Waals surface area (Å²) in [6.07, 6.45) is 0.0387. The molecule has 1 aromatic carbocycles. The molecule has 386 valence electrons. The van der Waals surface area contributed by atoms with Crippen molar-refractivity contribution in [3.63, 3.8) is 0 Å². The van der Waals surface area contributed by atoms with Crippen LogP contribution in [-0.4, -0.2) is 150 Å². The number of morpholine rings is 1. The number of amides is 4. The number of urea groups is 1. The van der Waals surface area contributed by atoms with Crippen molar-refractivity contribution >= 4 is 46.5 Å². The lowest BCUT2D eigenvalue weighted by atomic mass is 9.84. The van der Waals surface area contributed by atoms with Crippen LogP contribution >= 0.6 is 0 Å². The number of carbonyl (C=O) groups excluding carboxylic acids is 4. The molecule has 3 N–H and O–H groups in total. The molecule has 3 saturated heterocycles. The van der Waals surface area contributed by atoms with Gasteiger partial charge in [0, 0.05) is 92.7 Å². The van der Waals surface area contributed by atoms with Crippen LogP contribution in [0.5, 0.6) is 0 Å². The van der Waals surface area contributed by atoms with Crippen LogP contribution in [0, 0.1) is 11.3 Å². The summed E-state index contributed by atoms with van der Waals surface area (Å²) in [5.74, 6) is -2.00. The molecule has 0 aliphatic carbocycles. The first-order chi connectivity index (χ1) is 33.7. The first kappa shape index (κ1) is 53.2. The Hall–Kier alpha value is -5.63. The summed E-state index contributed by atoms with van der Waals surface area (Å²) in [7, 11) is 3.10. The third-order valence-electron chi connectivity index (χ3n) is 14.1. The van der Waals surface area contributed by atoms with Crippen LogP contribution in [0.4, 0.5) is 18.0 Å². The number of hydrogen-bond donors (Lipinski definition) is 3. The van der Waals surface area contributed by atoms with Gasteiger partial charge in [-0.15, -0.1) is 0 Å². The van der Waals surface area contributed by atoms with Crippen molar-refractivity contribution in [1.29, 1.82) is 0 Å². The fourth-order valence-corrected chi connectivity index (χ4v) is 10.4. The molecule has 4 aliphatic heterocycles. The van der Waals surface area contributed by atoms with Gasteiger partial charge in [0.2, 0.25) is 5.91 Å². The lowest BCUT2D eigenvalue weighted by molar-refractivity contribution is -0.155. The lowest BCUT2D eigenvalue weighted by Crippen LogP contribution is -2.63. The number of cyclic esters (lactones) is 1. The number of esters is 1. The van der Waals surface area contributed by atoms with Gasteiger partial charge >= 0.3 is 18.2 Å². The van der Waals surface area contributed by atoms with E-state index >= 15 is 0 Å². The summed E-state index contributed by atoms with van der Waals surface area (Å²) in [5, 5.41) is 8.25. The van der Waals surface area contributed by atoms with Gasteiger partial charge in [-0.2, -0.15) is 13.2 Å². The van der Waals surface area contributed by atoms with E-state index in [1.165, 1.54) is 27.7 Å². The summed E-state index contributed by atoms with van der Waals surface area (Å²) >= 11 is 0. The number of pyridine rings is 1. The Labute approximate surface area is 414 Å². The number of alkyl halides is 3. The fourth-order valence-electron chi connectivity index (χ4n) is 10.4. The van der Waals surface area contributed by atoms with E-state index in [1.807, 2.05) is 33.8 Å². The van der Waals surface area contributed by atoms with Gasteiger partial charge in [0.25, 0.3) is 5.91 Å². The van der Waals surface area contributed by atoms with Crippen molar-refractivity contribution in [3.8, 4) is 11.3 Å². The van der Waals surface area contributed by atoms with Gasteiger partial charge in [0.05, 0.1) is 42.0 Å². The number of aliphatic imine (C=N–C) groups is 1. The Morgan fingerprint density at radius 2 is 1.87 bits per heavy atom. The largest absolute Gasteiger partial charge is 0.464 e. The molecular weight excluding hydrogens is 920 g/mol. The molecule has 0 saturated carbocycles. The number of carbonyl (C=O) groups is 4. The Bertz CT molecular complexity index is 2520. The predicted octanol–water partition coefficient (Wildman–Crippen LogP) is 6.47. The Kier molecular flexibility index (Phi) is 16.5. The zero-order chi connectivity index (χ0) is 51.4. The van der Waals surface area contributed by atoms with Crippen molar-refractivity contribution in [1.82, 2.24) is 40.4 Å². The summed E-state index contributed by atoms with van der Waals surface area (Å²) in [6, 6.07) is 7.08. The maximum Gasteiger partial charge on any atom is 0.406 e. The molecule has 0 radical (unpaired) electrons. The van der Waals surface area contributed by atoms with Crippen LogP contribution in [0.25, 0.3) is 27.7 Å². The molecule has 3 aromatic rings. The summed E-state index contributed by atoms with van der Waals surface area (Å²) < 4.78 is 63.3. The highest BCUT2D eigenvalue weighted by molar-refractivity contribution is 5.96. The second-order valence-corrected chi connectivity index (χ2v) is 20.3.